The average Bonchev–Trinajstić information content (AvgIpc) is 2.78. The molecule has 0 aromatic heterocycles. The van der Waals surface area contributed by atoms with Crippen molar-refractivity contribution in [3.8, 4) is 0 Å². The lowest BCUT2D eigenvalue weighted by Gasteiger charge is -2.21. The number of sulfonamides is 1. The summed E-state index contributed by atoms with van der Waals surface area (Å²) in [7, 11) is -3.61. The van der Waals surface area contributed by atoms with E-state index in [1.54, 1.807) is 12.1 Å². The lowest BCUT2D eigenvalue weighted by molar-refractivity contribution is 0.312. The van der Waals surface area contributed by atoms with Crippen LogP contribution in [0.4, 0.5) is 5.69 Å². The van der Waals surface area contributed by atoms with E-state index in [-0.39, 0.29) is 10.9 Å². The van der Waals surface area contributed by atoms with Crippen molar-refractivity contribution in [1.29, 1.82) is 0 Å². The van der Waals surface area contributed by atoms with Crippen LogP contribution >= 0.6 is 31.9 Å². The van der Waals surface area contributed by atoms with Crippen molar-refractivity contribution in [2.24, 2.45) is 0 Å². The van der Waals surface area contributed by atoms with Crippen LogP contribution in [0.15, 0.2) is 26.0 Å². The minimum atomic E-state index is -3.61. The molecule has 0 aliphatic carbocycles. The van der Waals surface area contributed by atoms with Crippen LogP contribution in [0.25, 0.3) is 0 Å². The van der Waals surface area contributed by atoms with E-state index in [9.17, 15) is 8.42 Å². The highest BCUT2D eigenvalue weighted by atomic mass is 79.9. The molecule has 1 atom stereocenters. The van der Waals surface area contributed by atoms with Crippen LogP contribution in [0.2, 0.25) is 0 Å². The van der Waals surface area contributed by atoms with Crippen molar-refractivity contribution >= 4 is 47.6 Å². The Balaban J connectivity index is 2.14. The van der Waals surface area contributed by atoms with Gasteiger partial charge >= 0.3 is 0 Å². The molecule has 5 nitrogen and oxygen atoms in total. The highest BCUT2D eigenvalue weighted by molar-refractivity contribution is 9.11. The van der Waals surface area contributed by atoms with Crippen molar-refractivity contribution in [1.82, 2.24) is 9.62 Å². The predicted octanol–water partition coefficient (Wildman–Crippen LogP) is 2.56. The monoisotopic (exact) mass is 439 g/mol. The number of nitrogen functional groups attached to an aromatic ring is 1. The van der Waals surface area contributed by atoms with Gasteiger partial charge in [0.25, 0.3) is 0 Å². The Bertz CT molecular complexity index is 593. The van der Waals surface area contributed by atoms with E-state index in [0.717, 1.165) is 19.6 Å². The zero-order valence-corrected chi connectivity index (χ0v) is 15.8. The zero-order chi connectivity index (χ0) is 15.6. The lowest BCUT2D eigenvalue weighted by atomic mass is 10.3. The van der Waals surface area contributed by atoms with Gasteiger partial charge in [0.05, 0.1) is 0 Å². The number of nitrogens with one attached hydrogen (secondary N) is 1. The second-order valence-electron chi connectivity index (χ2n) is 5.34. The highest BCUT2D eigenvalue weighted by Crippen LogP contribution is 2.32. The number of rotatable bonds is 5. The van der Waals surface area contributed by atoms with Gasteiger partial charge in [0.15, 0.2) is 0 Å². The standard InChI is InChI=1S/C13H19Br2N3O2S/c1-9(8-18-4-2-3-5-18)17-21(19,20)13-11(14)6-10(16)7-12(13)15/h6-7,9,17H,2-5,8,16H2,1H3. The Morgan fingerprint density at radius 2 is 1.81 bits per heavy atom. The summed E-state index contributed by atoms with van der Waals surface area (Å²) in [5, 5.41) is 0. The molecule has 1 unspecified atom stereocenters. The van der Waals surface area contributed by atoms with Gasteiger partial charge in [-0.05, 0) is 76.8 Å². The first kappa shape index (κ1) is 17.2. The van der Waals surface area contributed by atoms with Gasteiger partial charge in [-0.2, -0.15) is 0 Å². The minimum Gasteiger partial charge on any atom is -0.399 e. The normalized spacial score (nSPS) is 18.0. The second-order valence-corrected chi connectivity index (χ2v) is 8.70. The highest BCUT2D eigenvalue weighted by Gasteiger charge is 2.25. The molecule has 118 valence electrons. The smallest absolute Gasteiger partial charge is 0.243 e. The maximum atomic E-state index is 12.5. The van der Waals surface area contributed by atoms with Crippen molar-refractivity contribution in [3.63, 3.8) is 0 Å². The number of likely N-dealkylation sites (tertiary alicyclic amines) is 1. The molecule has 0 radical (unpaired) electrons. The molecule has 0 saturated carbocycles. The van der Waals surface area contributed by atoms with Gasteiger partial charge in [-0.25, -0.2) is 13.1 Å². The molecule has 1 aromatic rings. The summed E-state index contributed by atoms with van der Waals surface area (Å²) >= 11 is 6.54. The van der Waals surface area contributed by atoms with E-state index in [2.05, 4.69) is 41.5 Å². The first-order chi connectivity index (χ1) is 9.79. The molecular weight excluding hydrogens is 422 g/mol. The molecule has 1 aromatic carbocycles. The molecule has 21 heavy (non-hydrogen) atoms. The fourth-order valence-corrected chi connectivity index (χ4v) is 6.40. The Hall–Kier alpha value is -0.150. The molecule has 0 bridgehead atoms. The Labute approximate surface area is 142 Å². The summed E-state index contributed by atoms with van der Waals surface area (Å²) < 4.78 is 28.7. The molecule has 1 aliphatic rings. The van der Waals surface area contributed by atoms with Crippen LogP contribution in [0.3, 0.4) is 0 Å². The van der Waals surface area contributed by atoms with Gasteiger partial charge in [0, 0.05) is 27.2 Å². The van der Waals surface area contributed by atoms with Crippen molar-refractivity contribution in [3.05, 3.63) is 21.1 Å². The predicted molar refractivity (Wildman–Crippen MR) is 91.7 cm³/mol. The number of halogens is 2. The van der Waals surface area contributed by atoms with E-state index < -0.39 is 10.0 Å². The van der Waals surface area contributed by atoms with Crippen molar-refractivity contribution < 1.29 is 8.42 Å². The molecule has 1 heterocycles. The topological polar surface area (TPSA) is 75.4 Å². The number of hydrogen-bond acceptors (Lipinski definition) is 4. The quantitative estimate of drug-likeness (QED) is 0.690. The number of nitrogens with two attached hydrogens (primary N) is 1. The Kier molecular flexibility index (Phi) is 5.70. The van der Waals surface area contributed by atoms with Crippen LogP contribution < -0.4 is 10.5 Å². The van der Waals surface area contributed by atoms with E-state index in [1.165, 1.54) is 12.8 Å². The third-order valence-corrected chi connectivity index (χ3v) is 6.84. The van der Waals surface area contributed by atoms with Crippen LogP contribution in [-0.4, -0.2) is 39.0 Å². The number of hydrogen-bond donors (Lipinski definition) is 2. The van der Waals surface area contributed by atoms with Gasteiger partial charge in [-0.15, -0.1) is 0 Å². The fourth-order valence-electron chi connectivity index (χ4n) is 2.55. The van der Waals surface area contributed by atoms with Crippen LogP contribution in [0.1, 0.15) is 19.8 Å². The lowest BCUT2D eigenvalue weighted by Crippen LogP contribution is -2.41. The third-order valence-electron chi connectivity index (χ3n) is 3.38. The van der Waals surface area contributed by atoms with Gasteiger partial charge < -0.3 is 10.6 Å². The van der Waals surface area contributed by atoms with Gasteiger partial charge in [0.2, 0.25) is 10.0 Å². The maximum absolute atomic E-state index is 12.5. The summed E-state index contributed by atoms with van der Waals surface area (Å²) in [6, 6.07) is 3.03. The molecular formula is C13H19Br2N3O2S. The van der Waals surface area contributed by atoms with Gasteiger partial charge in [-0.3, -0.25) is 0 Å². The third kappa shape index (κ3) is 4.41. The van der Waals surface area contributed by atoms with Crippen molar-refractivity contribution in [2.45, 2.75) is 30.7 Å². The largest absolute Gasteiger partial charge is 0.399 e. The molecule has 0 spiro atoms. The summed E-state index contributed by atoms with van der Waals surface area (Å²) in [6.45, 7) is 4.70. The Morgan fingerprint density at radius 1 is 1.29 bits per heavy atom. The van der Waals surface area contributed by atoms with E-state index in [1.807, 2.05) is 6.92 Å². The van der Waals surface area contributed by atoms with Crippen molar-refractivity contribution in [2.75, 3.05) is 25.4 Å². The summed E-state index contributed by atoms with van der Waals surface area (Å²) in [6.07, 6.45) is 2.38. The summed E-state index contributed by atoms with van der Waals surface area (Å²) in [5.41, 5.74) is 6.20. The molecule has 2 rings (SSSR count). The SMILES string of the molecule is CC(CN1CCCC1)NS(=O)(=O)c1c(Br)cc(N)cc1Br. The van der Waals surface area contributed by atoms with E-state index in [0.29, 0.717) is 14.6 Å². The Morgan fingerprint density at radius 3 is 2.33 bits per heavy atom. The first-order valence-corrected chi connectivity index (χ1v) is 9.86. The number of anilines is 1. The van der Waals surface area contributed by atoms with Crippen LogP contribution in [0, 0.1) is 0 Å². The summed E-state index contributed by atoms with van der Waals surface area (Å²) in [5.74, 6) is 0. The fraction of sp³-hybridized carbons (Fsp3) is 0.538. The van der Waals surface area contributed by atoms with Gasteiger partial charge in [0.1, 0.15) is 4.90 Å². The molecule has 8 heteroatoms. The van der Waals surface area contributed by atoms with Gasteiger partial charge in [-0.1, -0.05) is 0 Å². The zero-order valence-electron chi connectivity index (χ0n) is 11.8. The number of benzene rings is 1. The molecule has 1 fully saturated rings. The van der Waals surface area contributed by atoms with E-state index in [4.69, 9.17) is 5.73 Å². The van der Waals surface area contributed by atoms with E-state index >= 15 is 0 Å². The number of nitrogens with zero attached hydrogens (tertiary/aromatic N) is 1. The molecule has 3 N–H and O–H groups in total. The molecule has 1 aliphatic heterocycles. The average molecular weight is 441 g/mol. The summed E-state index contributed by atoms with van der Waals surface area (Å²) in [4.78, 5) is 2.46. The second kappa shape index (κ2) is 6.95. The first-order valence-electron chi connectivity index (χ1n) is 6.79. The minimum absolute atomic E-state index is 0.149. The maximum Gasteiger partial charge on any atom is 0.243 e. The van der Waals surface area contributed by atoms with Crippen LogP contribution in [-0.2, 0) is 10.0 Å². The van der Waals surface area contributed by atoms with Crippen LogP contribution in [0.5, 0.6) is 0 Å². The molecule has 1 saturated heterocycles. The molecule has 0 amide bonds.